The van der Waals surface area contributed by atoms with E-state index in [0.717, 1.165) is 24.0 Å². The molecule has 2 atom stereocenters. The summed E-state index contributed by atoms with van der Waals surface area (Å²) in [6.45, 7) is 2.86. The lowest BCUT2D eigenvalue weighted by Crippen LogP contribution is -2.75. The Balaban J connectivity index is 1.61. The van der Waals surface area contributed by atoms with Gasteiger partial charge in [0.25, 0.3) is 0 Å². The van der Waals surface area contributed by atoms with Crippen molar-refractivity contribution in [1.82, 2.24) is 25.1 Å². The van der Waals surface area contributed by atoms with Gasteiger partial charge in [0.1, 0.15) is 12.2 Å². The zero-order chi connectivity index (χ0) is 25.8. The van der Waals surface area contributed by atoms with E-state index in [-0.39, 0.29) is 37.5 Å². The van der Waals surface area contributed by atoms with Gasteiger partial charge >= 0.3 is 6.03 Å². The van der Waals surface area contributed by atoms with Gasteiger partial charge < -0.3 is 15.1 Å². The Kier molecular flexibility index (Phi) is 8.39. The van der Waals surface area contributed by atoms with E-state index in [4.69, 9.17) is 23.2 Å². The second kappa shape index (κ2) is 11.5. The number of hydrogen-bond acceptors (Lipinski definition) is 4. The summed E-state index contributed by atoms with van der Waals surface area (Å²) in [4.78, 5) is 43.5. The van der Waals surface area contributed by atoms with Crippen molar-refractivity contribution in [3.8, 4) is 0 Å². The van der Waals surface area contributed by atoms with Crippen LogP contribution in [0.1, 0.15) is 37.3 Å². The van der Waals surface area contributed by atoms with Gasteiger partial charge in [-0.05, 0) is 29.7 Å². The lowest BCUT2D eigenvalue weighted by atomic mass is 10.0. The predicted molar refractivity (Wildman–Crippen MR) is 139 cm³/mol. The van der Waals surface area contributed by atoms with Crippen molar-refractivity contribution in [2.24, 2.45) is 0 Å². The lowest BCUT2D eigenvalue weighted by molar-refractivity contribution is -0.188. The minimum Gasteiger partial charge on any atom is -0.333 e. The molecule has 0 spiro atoms. The number of amides is 4. The number of likely N-dealkylation sites (N-methyl/N-ethyl adjacent to an activating group) is 1. The van der Waals surface area contributed by atoms with Crippen LogP contribution in [0.3, 0.4) is 0 Å². The first-order chi connectivity index (χ1) is 17.3. The molecule has 0 aromatic heterocycles. The summed E-state index contributed by atoms with van der Waals surface area (Å²) in [5.41, 5.74) is 1.73. The lowest BCUT2D eigenvalue weighted by Gasteiger charge is -2.54. The number of fused-ring (bicyclic) bond motifs is 1. The first-order valence-corrected chi connectivity index (χ1v) is 12.9. The zero-order valence-corrected chi connectivity index (χ0v) is 22.0. The van der Waals surface area contributed by atoms with Crippen molar-refractivity contribution in [2.75, 3.05) is 20.1 Å². The fraction of sp³-hybridized carbons (Fsp3) is 0.423. The van der Waals surface area contributed by atoms with Gasteiger partial charge in [-0.1, -0.05) is 79.4 Å². The molecule has 0 aliphatic carbocycles. The second-order valence-electron chi connectivity index (χ2n) is 9.20. The topological polar surface area (TPSA) is 76.2 Å². The summed E-state index contributed by atoms with van der Waals surface area (Å²) in [7, 11) is 1.72. The van der Waals surface area contributed by atoms with Crippen LogP contribution in [0, 0.1) is 0 Å². The van der Waals surface area contributed by atoms with E-state index in [1.54, 1.807) is 45.1 Å². The smallest absolute Gasteiger partial charge is 0.333 e. The Morgan fingerprint density at radius 2 is 1.86 bits per heavy atom. The van der Waals surface area contributed by atoms with Crippen LogP contribution in [0.2, 0.25) is 10.0 Å². The Morgan fingerprint density at radius 1 is 1.11 bits per heavy atom. The quantitative estimate of drug-likeness (QED) is 0.582. The van der Waals surface area contributed by atoms with Crippen molar-refractivity contribution in [1.29, 1.82) is 0 Å². The van der Waals surface area contributed by atoms with Crippen LogP contribution in [0.4, 0.5) is 4.79 Å². The highest BCUT2D eigenvalue weighted by Gasteiger charge is 2.50. The summed E-state index contributed by atoms with van der Waals surface area (Å²) in [5, 5.41) is 7.14. The van der Waals surface area contributed by atoms with E-state index in [9.17, 15) is 14.4 Å². The van der Waals surface area contributed by atoms with E-state index in [0.29, 0.717) is 23.0 Å². The van der Waals surface area contributed by atoms with Crippen molar-refractivity contribution in [2.45, 2.75) is 51.5 Å². The largest absolute Gasteiger partial charge is 0.334 e. The summed E-state index contributed by atoms with van der Waals surface area (Å²) in [6.07, 6.45) is 1.59. The molecule has 0 radical (unpaired) electrons. The first-order valence-electron chi connectivity index (χ1n) is 12.2. The fourth-order valence-electron chi connectivity index (χ4n) is 4.83. The number of hydrazine groups is 1. The zero-order valence-electron chi connectivity index (χ0n) is 20.5. The van der Waals surface area contributed by atoms with Crippen LogP contribution in [0.5, 0.6) is 0 Å². The summed E-state index contributed by atoms with van der Waals surface area (Å²) in [5.74, 6) is -0.290. The molecule has 0 saturated carbocycles. The molecule has 4 amide bonds. The standard InChI is InChI=1S/C26H31Cl2N5O3/c1-3-4-10-22-25(35)31(15-19-11-12-20(27)13-21(19)28)16-23-32(22)24(34)17-30(2)33(23)26(36)29-14-18-8-6-5-7-9-18/h5-9,11-13,22-23H,3-4,10,14-17H2,1-2H3,(H,29,36)/t22-,23-/m0/s1. The Hall–Kier alpha value is -2.81. The molecule has 2 aromatic rings. The molecule has 2 aliphatic heterocycles. The molecule has 2 aliphatic rings. The molecule has 192 valence electrons. The first kappa shape index (κ1) is 26.3. The number of rotatable bonds is 7. The molecule has 0 bridgehead atoms. The van der Waals surface area contributed by atoms with Crippen LogP contribution < -0.4 is 5.32 Å². The highest BCUT2D eigenvalue weighted by Crippen LogP contribution is 2.30. The minimum absolute atomic E-state index is 0.0220. The third-order valence-electron chi connectivity index (χ3n) is 6.64. The van der Waals surface area contributed by atoms with Gasteiger partial charge in [0.15, 0.2) is 0 Å². The number of hydrogen-bond donors (Lipinski definition) is 1. The van der Waals surface area contributed by atoms with Gasteiger partial charge in [0, 0.05) is 30.2 Å². The molecule has 2 saturated heterocycles. The molecule has 1 N–H and O–H groups in total. The third-order valence-corrected chi connectivity index (χ3v) is 7.23. The number of nitrogens with one attached hydrogen (secondary N) is 1. The number of piperazine rings is 1. The molecule has 2 aromatic carbocycles. The SMILES string of the molecule is CCCC[C@H]1C(=O)N(Cc2ccc(Cl)cc2Cl)C[C@H]2N1C(=O)CN(C)N2C(=O)NCc1ccccc1. The summed E-state index contributed by atoms with van der Waals surface area (Å²) < 4.78 is 0. The number of nitrogens with zero attached hydrogens (tertiary/aromatic N) is 4. The highest BCUT2D eigenvalue weighted by atomic mass is 35.5. The van der Waals surface area contributed by atoms with E-state index < -0.39 is 12.2 Å². The predicted octanol–water partition coefficient (Wildman–Crippen LogP) is 4.12. The number of urea groups is 1. The number of benzene rings is 2. The fourth-order valence-corrected chi connectivity index (χ4v) is 5.30. The maximum Gasteiger partial charge on any atom is 0.334 e. The Morgan fingerprint density at radius 3 is 2.56 bits per heavy atom. The van der Waals surface area contributed by atoms with Crippen molar-refractivity contribution >= 4 is 41.0 Å². The number of carbonyl (C=O) groups is 3. The molecule has 8 nitrogen and oxygen atoms in total. The minimum atomic E-state index is -0.639. The van der Waals surface area contributed by atoms with E-state index >= 15 is 0 Å². The molecule has 4 rings (SSSR count). The molecule has 36 heavy (non-hydrogen) atoms. The molecule has 2 fully saturated rings. The van der Waals surface area contributed by atoms with E-state index in [1.165, 1.54) is 0 Å². The van der Waals surface area contributed by atoms with Crippen LogP contribution >= 0.6 is 23.2 Å². The van der Waals surface area contributed by atoms with Gasteiger partial charge in [-0.15, -0.1) is 0 Å². The monoisotopic (exact) mass is 531 g/mol. The van der Waals surface area contributed by atoms with Crippen molar-refractivity contribution < 1.29 is 14.4 Å². The second-order valence-corrected chi connectivity index (χ2v) is 10.0. The maximum atomic E-state index is 13.6. The summed E-state index contributed by atoms with van der Waals surface area (Å²) >= 11 is 12.5. The van der Waals surface area contributed by atoms with Crippen LogP contribution in [-0.4, -0.2) is 70.0 Å². The van der Waals surface area contributed by atoms with E-state index in [2.05, 4.69) is 5.32 Å². The molecular weight excluding hydrogens is 501 g/mol. The average molecular weight is 532 g/mol. The van der Waals surface area contributed by atoms with Crippen LogP contribution in [0.15, 0.2) is 48.5 Å². The van der Waals surface area contributed by atoms with Crippen LogP contribution in [-0.2, 0) is 22.7 Å². The van der Waals surface area contributed by atoms with Gasteiger partial charge in [-0.25, -0.2) is 14.8 Å². The number of carbonyl (C=O) groups excluding carboxylic acids is 3. The number of halogens is 2. The van der Waals surface area contributed by atoms with Crippen molar-refractivity contribution in [3.05, 3.63) is 69.7 Å². The molecule has 0 unspecified atom stereocenters. The van der Waals surface area contributed by atoms with Gasteiger partial charge in [-0.3, -0.25) is 9.59 Å². The van der Waals surface area contributed by atoms with E-state index in [1.807, 2.05) is 37.3 Å². The average Bonchev–Trinajstić information content (AvgIpc) is 2.85. The van der Waals surface area contributed by atoms with Gasteiger partial charge in [0.05, 0.1) is 13.1 Å². The third kappa shape index (κ3) is 5.61. The van der Waals surface area contributed by atoms with Gasteiger partial charge in [-0.2, -0.15) is 0 Å². The summed E-state index contributed by atoms with van der Waals surface area (Å²) in [6, 6.07) is 13.9. The molecule has 2 heterocycles. The van der Waals surface area contributed by atoms with Crippen molar-refractivity contribution in [3.63, 3.8) is 0 Å². The van der Waals surface area contributed by atoms with Gasteiger partial charge in [0.2, 0.25) is 11.8 Å². The highest BCUT2D eigenvalue weighted by molar-refractivity contribution is 6.35. The maximum absolute atomic E-state index is 13.6. The number of unbranched alkanes of at least 4 members (excludes halogenated alkanes) is 1. The molecular formula is C26H31Cl2N5O3. The van der Waals surface area contributed by atoms with Crippen LogP contribution in [0.25, 0.3) is 0 Å². The molecule has 10 heteroatoms. The normalized spacial score (nSPS) is 20.5. The Labute approximate surface area is 221 Å². The Bertz CT molecular complexity index is 1120.